The van der Waals surface area contributed by atoms with Crippen molar-refractivity contribution in [1.29, 1.82) is 0 Å². The molecule has 0 aromatic heterocycles. The van der Waals surface area contributed by atoms with Crippen molar-refractivity contribution >= 4 is 33.0 Å². The molecule has 1 amide bonds. The lowest BCUT2D eigenvalue weighted by Crippen LogP contribution is -2.36. The summed E-state index contributed by atoms with van der Waals surface area (Å²) >= 11 is 0. The van der Waals surface area contributed by atoms with Crippen molar-refractivity contribution in [3.05, 3.63) is 48.0 Å². The fourth-order valence-electron chi connectivity index (χ4n) is 3.24. The normalized spacial score (nSPS) is 14.6. The SMILES string of the molecule is Cc1ccc(NC(=O)CNc2ccccc2N2CCOCC2)cc1S(=O)(=O)N(C)C. The highest BCUT2D eigenvalue weighted by Crippen LogP contribution is 2.26. The largest absolute Gasteiger partial charge is 0.378 e. The predicted octanol–water partition coefficient (Wildman–Crippen LogP) is 2.13. The standard InChI is InChI=1S/C21H28N4O4S/c1-16-8-9-17(14-20(16)30(27,28)24(2)3)23-21(26)15-22-18-6-4-5-7-19(18)25-10-12-29-13-11-25/h4-9,14,22H,10-13,15H2,1-3H3,(H,23,26). The van der Waals surface area contributed by atoms with E-state index in [-0.39, 0.29) is 17.3 Å². The molecule has 0 radical (unpaired) electrons. The molecule has 8 nitrogen and oxygen atoms in total. The molecule has 2 aromatic carbocycles. The second-order valence-corrected chi connectivity index (χ2v) is 9.41. The number of aryl methyl sites for hydroxylation is 1. The van der Waals surface area contributed by atoms with Crippen molar-refractivity contribution in [3.8, 4) is 0 Å². The fraction of sp³-hybridized carbons (Fsp3) is 0.381. The summed E-state index contributed by atoms with van der Waals surface area (Å²) in [6.07, 6.45) is 0. The number of amides is 1. The molecule has 0 aliphatic carbocycles. The molecule has 1 aliphatic rings. The summed E-state index contributed by atoms with van der Waals surface area (Å²) in [4.78, 5) is 14.9. The molecular weight excluding hydrogens is 404 g/mol. The summed E-state index contributed by atoms with van der Waals surface area (Å²) in [5.74, 6) is -0.260. The van der Waals surface area contributed by atoms with Gasteiger partial charge >= 0.3 is 0 Å². The van der Waals surface area contributed by atoms with Crippen LogP contribution in [0.1, 0.15) is 5.56 Å². The van der Waals surface area contributed by atoms with Crippen molar-refractivity contribution in [1.82, 2.24) is 4.31 Å². The van der Waals surface area contributed by atoms with Crippen LogP contribution in [0.5, 0.6) is 0 Å². The predicted molar refractivity (Wildman–Crippen MR) is 119 cm³/mol. The van der Waals surface area contributed by atoms with Gasteiger partial charge in [0, 0.05) is 32.9 Å². The Balaban J connectivity index is 1.68. The van der Waals surface area contributed by atoms with E-state index < -0.39 is 10.0 Å². The molecule has 3 rings (SSSR count). The third kappa shape index (κ3) is 5.10. The Hall–Kier alpha value is -2.62. The Kier molecular flexibility index (Phi) is 6.96. The van der Waals surface area contributed by atoms with E-state index >= 15 is 0 Å². The van der Waals surface area contributed by atoms with Crippen LogP contribution >= 0.6 is 0 Å². The molecule has 1 heterocycles. The van der Waals surface area contributed by atoms with Gasteiger partial charge in [-0.3, -0.25) is 4.79 Å². The highest BCUT2D eigenvalue weighted by molar-refractivity contribution is 7.89. The lowest BCUT2D eigenvalue weighted by atomic mass is 10.2. The average Bonchev–Trinajstić information content (AvgIpc) is 2.74. The molecule has 0 atom stereocenters. The minimum Gasteiger partial charge on any atom is -0.378 e. The fourth-order valence-corrected chi connectivity index (χ4v) is 4.38. The summed E-state index contributed by atoms with van der Waals surface area (Å²) in [5, 5.41) is 5.96. The van der Waals surface area contributed by atoms with E-state index in [9.17, 15) is 13.2 Å². The number of hydrogen-bond acceptors (Lipinski definition) is 6. The van der Waals surface area contributed by atoms with Gasteiger partial charge in [-0.15, -0.1) is 0 Å². The average molecular weight is 433 g/mol. The molecule has 0 unspecified atom stereocenters. The van der Waals surface area contributed by atoms with Crippen LogP contribution in [0.25, 0.3) is 0 Å². The Morgan fingerprint density at radius 1 is 1.13 bits per heavy atom. The zero-order valence-electron chi connectivity index (χ0n) is 17.5. The Morgan fingerprint density at radius 3 is 2.53 bits per heavy atom. The highest BCUT2D eigenvalue weighted by Gasteiger charge is 2.20. The van der Waals surface area contributed by atoms with Crippen LogP contribution in [0.2, 0.25) is 0 Å². The maximum atomic E-state index is 12.5. The van der Waals surface area contributed by atoms with E-state index in [1.807, 2.05) is 24.3 Å². The van der Waals surface area contributed by atoms with Gasteiger partial charge in [-0.1, -0.05) is 18.2 Å². The van der Waals surface area contributed by atoms with Crippen LogP contribution in [0.15, 0.2) is 47.4 Å². The van der Waals surface area contributed by atoms with Crippen molar-refractivity contribution in [2.75, 3.05) is 62.5 Å². The van der Waals surface area contributed by atoms with E-state index in [1.165, 1.54) is 20.2 Å². The summed E-state index contributed by atoms with van der Waals surface area (Å²) < 4.78 is 31.5. The van der Waals surface area contributed by atoms with Crippen molar-refractivity contribution < 1.29 is 17.9 Å². The Bertz CT molecular complexity index is 1000. The monoisotopic (exact) mass is 432 g/mol. The second kappa shape index (κ2) is 9.46. The van der Waals surface area contributed by atoms with Crippen LogP contribution in [-0.4, -0.2) is 65.6 Å². The zero-order valence-corrected chi connectivity index (χ0v) is 18.3. The van der Waals surface area contributed by atoms with Gasteiger partial charge < -0.3 is 20.3 Å². The van der Waals surface area contributed by atoms with Gasteiger partial charge in [0.25, 0.3) is 0 Å². The Morgan fingerprint density at radius 2 is 1.83 bits per heavy atom. The van der Waals surface area contributed by atoms with Crippen molar-refractivity contribution in [2.45, 2.75) is 11.8 Å². The van der Waals surface area contributed by atoms with E-state index in [4.69, 9.17) is 4.74 Å². The van der Waals surface area contributed by atoms with Crippen LogP contribution in [-0.2, 0) is 19.6 Å². The first-order chi connectivity index (χ1) is 14.3. The molecular formula is C21H28N4O4S. The summed E-state index contributed by atoms with van der Waals surface area (Å²) in [5.41, 5.74) is 2.96. The Labute approximate surface area is 177 Å². The zero-order chi connectivity index (χ0) is 21.7. The molecule has 0 spiro atoms. The van der Waals surface area contributed by atoms with Crippen LogP contribution in [0.4, 0.5) is 17.1 Å². The maximum Gasteiger partial charge on any atom is 0.243 e. The molecule has 2 N–H and O–H groups in total. The minimum atomic E-state index is -3.59. The van der Waals surface area contributed by atoms with E-state index in [0.29, 0.717) is 24.5 Å². The van der Waals surface area contributed by atoms with Gasteiger partial charge in [-0.2, -0.15) is 0 Å². The van der Waals surface area contributed by atoms with Gasteiger partial charge in [-0.05, 0) is 36.8 Å². The van der Waals surface area contributed by atoms with Gasteiger partial charge in [0.15, 0.2) is 0 Å². The number of hydrogen-bond donors (Lipinski definition) is 2. The maximum absolute atomic E-state index is 12.5. The number of benzene rings is 2. The second-order valence-electron chi connectivity index (χ2n) is 7.29. The van der Waals surface area contributed by atoms with Gasteiger partial charge in [0.2, 0.25) is 15.9 Å². The van der Waals surface area contributed by atoms with Crippen molar-refractivity contribution in [2.24, 2.45) is 0 Å². The number of carbonyl (C=O) groups is 1. The number of rotatable bonds is 7. The van der Waals surface area contributed by atoms with Crippen LogP contribution in [0, 0.1) is 6.92 Å². The van der Waals surface area contributed by atoms with E-state index in [1.54, 1.807) is 19.1 Å². The third-order valence-electron chi connectivity index (χ3n) is 4.93. The molecule has 0 saturated carbocycles. The molecule has 2 aromatic rings. The van der Waals surface area contributed by atoms with Gasteiger partial charge in [0.05, 0.1) is 36.0 Å². The van der Waals surface area contributed by atoms with Gasteiger partial charge in [0.1, 0.15) is 0 Å². The number of para-hydroxylation sites is 2. The first-order valence-corrected chi connectivity index (χ1v) is 11.2. The number of ether oxygens (including phenoxy) is 1. The summed E-state index contributed by atoms with van der Waals surface area (Å²) in [6, 6.07) is 12.7. The van der Waals surface area contributed by atoms with E-state index in [2.05, 4.69) is 15.5 Å². The molecule has 1 aliphatic heterocycles. The number of morpholine rings is 1. The highest BCUT2D eigenvalue weighted by atomic mass is 32.2. The minimum absolute atomic E-state index is 0.0605. The van der Waals surface area contributed by atoms with Gasteiger partial charge in [-0.25, -0.2) is 12.7 Å². The lowest BCUT2D eigenvalue weighted by Gasteiger charge is -2.30. The smallest absolute Gasteiger partial charge is 0.243 e. The number of carbonyl (C=O) groups excluding carboxylic acids is 1. The van der Waals surface area contributed by atoms with Crippen molar-refractivity contribution in [3.63, 3.8) is 0 Å². The molecule has 0 bridgehead atoms. The number of sulfonamides is 1. The number of nitrogens with one attached hydrogen (secondary N) is 2. The number of nitrogens with zero attached hydrogens (tertiary/aromatic N) is 2. The summed E-state index contributed by atoms with van der Waals surface area (Å²) in [7, 11) is -0.625. The van der Waals surface area contributed by atoms with E-state index in [0.717, 1.165) is 28.8 Å². The molecule has 9 heteroatoms. The molecule has 1 saturated heterocycles. The van der Waals surface area contributed by atoms with Crippen LogP contribution < -0.4 is 15.5 Å². The number of anilines is 3. The third-order valence-corrected chi connectivity index (χ3v) is 6.88. The lowest BCUT2D eigenvalue weighted by molar-refractivity contribution is -0.114. The first-order valence-electron chi connectivity index (χ1n) is 9.77. The topological polar surface area (TPSA) is 91.0 Å². The summed E-state index contributed by atoms with van der Waals surface area (Å²) in [6.45, 7) is 4.76. The first kappa shape index (κ1) is 22.1. The molecule has 1 fully saturated rings. The van der Waals surface area contributed by atoms with Crippen LogP contribution in [0.3, 0.4) is 0 Å². The molecule has 162 valence electrons. The molecule has 30 heavy (non-hydrogen) atoms. The quantitative estimate of drug-likeness (QED) is 0.697.